The van der Waals surface area contributed by atoms with Crippen molar-refractivity contribution < 1.29 is 4.79 Å². The van der Waals surface area contributed by atoms with Crippen LogP contribution in [0.3, 0.4) is 0 Å². The van der Waals surface area contributed by atoms with Crippen molar-refractivity contribution in [2.75, 3.05) is 5.32 Å². The molecular formula is C26H24N2O. The average molecular weight is 380 g/mol. The van der Waals surface area contributed by atoms with E-state index < -0.39 is 0 Å². The quantitative estimate of drug-likeness (QED) is 0.392. The first kappa shape index (κ1) is 18.8. The van der Waals surface area contributed by atoms with E-state index in [0.717, 1.165) is 50.8 Å². The second-order valence-corrected chi connectivity index (χ2v) is 7.26. The van der Waals surface area contributed by atoms with Gasteiger partial charge in [0.25, 0.3) is 5.91 Å². The van der Waals surface area contributed by atoms with E-state index in [2.05, 4.69) is 42.9 Å². The van der Waals surface area contributed by atoms with Gasteiger partial charge in [0.15, 0.2) is 0 Å². The lowest BCUT2D eigenvalue weighted by Gasteiger charge is -2.15. The zero-order chi connectivity index (χ0) is 20.4. The Morgan fingerprint density at radius 2 is 1.72 bits per heavy atom. The summed E-state index contributed by atoms with van der Waals surface area (Å²) in [4.78, 5) is 16.0. The Morgan fingerprint density at radius 1 is 0.966 bits per heavy atom. The van der Waals surface area contributed by atoms with Gasteiger partial charge in [-0.3, -0.25) is 4.79 Å². The second-order valence-electron chi connectivity index (χ2n) is 7.26. The van der Waals surface area contributed by atoms with Gasteiger partial charge >= 0.3 is 0 Å². The number of carbonyl (C=O) groups excluding carboxylic acids is 1. The normalized spacial score (nSPS) is 10.8. The summed E-state index contributed by atoms with van der Waals surface area (Å²) >= 11 is 0. The Morgan fingerprint density at radius 3 is 2.52 bits per heavy atom. The number of fused-ring (bicyclic) bond motifs is 1. The molecule has 0 saturated carbocycles. The van der Waals surface area contributed by atoms with Gasteiger partial charge in [-0.15, -0.1) is 0 Å². The minimum Gasteiger partial charge on any atom is -0.351 e. The number of allylic oxidation sites excluding steroid dienone is 1. The summed E-state index contributed by atoms with van der Waals surface area (Å²) in [5, 5.41) is 4.05. The van der Waals surface area contributed by atoms with Crippen molar-refractivity contribution in [2.24, 2.45) is 0 Å². The van der Waals surface area contributed by atoms with Crippen molar-refractivity contribution in [1.82, 2.24) is 4.98 Å². The average Bonchev–Trinajstić information content (AvgIpc) is 3.19. The predicted octanol–water partition coefficient (Wildman–Crippen LogP) is 6.82. The maximum atomic E-state index is 12.8. The zero-order valence-corrected chi connectivity index (χ0v) is 16.8. The van der Waals surface area contributed by atoms with Gasteiger partial charge in [-0.2, -0.15) is 0 Å². The summed E-state index contributed by atoms with van der Waals surface area (Å²) in [5.41, 5.74) is 7.92. The monoisotopic (exact) mass is 380 g/mol. The van der Waals surface area contributed by atoms with E-state index in [4.69, 9.17) is 0 Å². The van der Waals surface area contributed by atoms with Gasteiger partial charge in [-0.1, -0.05) is 62.0 Å². The van der Waals surface area contributed by atoms with E-state index in [9.17, 15) is 4.79 Å². The van der Waals surface area contributed by atoms with Crippen LogP contribution in [-0.4, -0.2) is 10.9 Å². The molecule has 0 fully saturated rings. The summed E-state index contributed by atoms with van der Waals surface area (Å²) in [6.07, 6.45) is 0.896. The van der Waals surface area contributed by atoms with Gasteiger partial charge in [0.2, 0.25) is 0 Å². The first-order valence-electron chi connectivity index (χ1n) is 9.84. The third kappa shape index (κ3) is 3.72. The van der Waals surface area contributed by atoms with Gasteiger partial charge in [-0.25, -0.2) is 0 Å². The topological polar surface area (TPSA) is 44.9 Å². The Kier molecular flexibility index (Phi) is 5.05. The third-order valence-electron chi connectivity index (χ3n) is 5.29. The first-order chi connectivity index (χ1) is 14.1. The van der Waals surface area contributed by atoms with Crippen LogP contribution < -0.4 is 5.32 Å². The summed E-state index contributed by atoms with van der Waals surface area (Å²) in [6, 6.07) is 24.1. The van der Waals surface area contributed by atoms with Crippen molar-refractivity contribution in [2.45, 2.75) is 20.3 Å². The minimum absolute atomic E-state index is 0.151. The van der Waals surface area contributed by atoms with E-state index >= 15 is 0 Å². The molecule has 0 aliphatic heterocycles. The van der Waals surface area contributed by atoms with Crippen LogP contribution in [0.5, 0.6) is 0 Å². The van der Waals surface area contributed by atoms with Gasteiger partial charge < -0.3 is 10.3 Å². The molecular weight excluding hydrogens is 356 g/mol. The lowest BCUT2D eigenvalue weighted by Crippen LogP contribution is -2.12. The molecule has 4 aromatic rings. The van der Waals surface area contributed by atoms with Crippen LogP contribution >= 0.6 is 0 Å². The number of nitrogens with one attached hydrogen (secondary N) is 2. The lowest BCUT2D eigenvalue weighted by molar-refractivity contribution is 0.102. The molecule has 0 atom stereocenters. The van der Waals surface area contributed by atoms with E-state index in [-0.39, 0.29) is 5.91 Å². The lowest BCUT2D eigenvalue weighted by atomic mass is 9.91. The molecule has 0 unspecified atom stereocenters. The maximum Gasteiger partial charge on any atom is 0.272 e. The molecule has 1 heterocycles. The number of aromatic nitrogens is 1. The molecule has 0 saturated heterocycles. The van der Waals surface area contributed by atoms with Crippen LogP contribution in [0.1, 0.15) is 35.0 Å². The number of rotatable bonds is 5. The van der Waals surface area contributed by atoms with Crippen molar-refractivity contribution in [3.8, 4) is 11.1 Å². The van der Waals surface area contributed by atoms with Crippen LogP contribution in [-0.2, 0) is 0 Å². The first-order valence-corrected chi connectivity index (χ1v) is 9.84. The molecule has 3 aromatic carbocycles. The van der Waals surface area contributed by atoms with E-state index in [1.54, 1.807) is 0 Å². The Labute approximate surface area is 171 Å². The number of benzene rings is 3. The van der Waals surface area contributed by atoms with E-state index in [1.165, 1.54) is 0 Å². The number of carbonyl (C=O) groups is 1. The number of anilines is 1. The molecule has 0 spiro atoms. The number of amides is 1. The molecule has 0 radical (unpaired) electrons. The molecule has 144 valence electrons. The highest BCUT2D eigenvalue weighted by Gasteiger charge is 2.13. The van der Waals surface area contributed by atoms with Crippen LogP contribution in [0, 0.1) is 6.92 Å². The highest BCUT2D eigenvalue weighted by Crippen LogP contribution is 2.33. The van der Waals surface area contributed by atoms with Gasteiger partial charge in [0.05, 0.1) is 0 Å². The fourth-order valence-electron chi connectivity index (χ4n) is 3.60. The molecule has 29 heavy (non-hydrogen) atoms. The summed E-state index contributed by atoms with van der Waals surface area (Å²) in [6.45, 7) is 8.42. The minimum atomic E-state index is -0.151. The van der Waals surface area contributed by atoms with Crippen LogP contribution in [0.2, 0.25) is 0 Å². The number of aryl methyl sites for hydroxylation is 1. The van der Waals surface area contributed by atoms with E-state index in [0.29, 0.717) is 5.69 Å². The molecule has 1 aromatic heterocycles. The highest BCUT2D eigenvalue weighted by molar-refractivity contribution is 6.06. The zero-order valence-electron chi connectivity index (χ0n) is 16.8. The fourth-order valence-corrected chi connectivity index (χ4v) is 3.60. The third-order valence-corrected chi connectivity index (χ3v) is 5.29. The number of H-pyrrole nitrogens is 1. The van der Waals surface area contributed by atoms with Crippen LogP contribution in [0.4, 0.5) is 5.69 Å². The number of para-hydroxylation sites is 1. The van der Waals surface area contributed by atoms with Gasteiger partial charge in [0.1, 0.15) is 5.69 Å². The maximum absolute atomic E-state index is 12.8. The van der Waals surface area contributed by atoms with Crippen LogP contribution in [0.25, 0.3) is 27.6 Å². The van der Waals surface area contributed by atoms with Crippen molar-refractivity contribution in [3.63, 3.8) is 0 Å². The molecule has 0 aliphatic carbocycles. The Bertz CT molecular complexity index is 1180. The van der Waals surface area contributed by atoms with Crippen molar-refractivity contribution >= 4 is 28.1 Å². The Balaban J connectivity index is 1.67. The highest BCUT2D eigenvalue weighted by atomic mass is 16.1. The van der Waals surface area contributed by atoms with Gasteiger partial charge in [0, 0.05) is 16.6 Å². The molecule has 3 heteroatoms. The van der Waals surface area contributed by atoms with Gasteiger partial charge in [-0.05, 0) is 65.4 Å². The molecule has 0 aliphatic rings. The largest absolute Gasteiger partial charge is 0.351 e. The van der Waals surface area contributed by atoms with Crippen molar-refractivity contribution in [1.29, 1.82) is 0 Å². The smallest absolute Gasteiger partial charge is 0.272 e. The molecule has 0 bridgehead atoms. The molecule has 3 nitrogen and oxygen atoms in total. The number of hydrogen-bond acceptors (Lipinski definition) is 1. The summed E-state index contributed by atoms with van der Waals surface area (Å²) in [5.74, 6) is -0.151. The molecule has 1 amide bonds. The predicted molar refractivity (Wildman–Crippen MR) is 122 cm³/mol. The van der Waals surface area contributed by atoms with Crippen LogP contribution in [0.15, 0.2) is 79.4 Å². The molecule has 4 rings (SSSR count). The molecule has 2 N–H and O–H groups in total. The SMILES string of the molecule is C=C(CC)c1ccccc1-c1cc(NC(=O)c2cc3ccccc3[nH]2)ccc1C. The van der Waals surface area contributed by atoms with E-state index in [1.807, 2.05) is 60.7 Å². The van der Waals surface area contributed by atoms with Crippen molar-refractivity contribution in [3.05, 3.63) is 96.2 Å². The standard InChI is InChI=1S/C26H24N2O/c1-4-17(2)21-10-6-7-11-22(21)23-16-20(14-13-18(23)3)27-26(29)25-15-19-9-5-8-12-24(19)28-25/h5-16,28H,2,4H2,1,3H3,(H,27,29). The summed E-state index contributed by atoms with van der Waals surface area (Å²) in [7, 11) is 0. The number of aromatic amines is 1. The number of hydrogen-bond donors (Lipinski definition) is 2. The Hall–Kier alpha value is -3.59. The second kappa shape index (κ2) is 7.80. The summed E-state index contributed by atoms with van der Waals surface area (Å²) < 4.78 is 0. The fraction of sp³-hybridized carbons (Fsp3) is 0.115.